The highest BCUT2D eigenvalue weighted by Gasteiger charge is 2.29. The van der Waals surface area contributed by atoms with Crippen LogP contribution in [-0.2, 0) is 19.1 Å². The van der Waals surface area contributed by atoms with Gasteiger partial charge in [0.25, 0.3) is 0 Å². The molecule has 0 amide bonds. The molecule has 0 unspecified atom stereocenters. The van der Waals surface area contributed by atoms with Crippen LogP contribution < -0.4 is 5.73 Å². The number of aromatic nitrogens is 2. The van der Waals surface area contributed by atoms with Gasteiger partial charge in [0.15, 0.2) is 0 Å². The number of benzene rings is 1. The maximum atomic E-state index is 12.4. The molecule has 0 bridgehead atoms. The molecule has 0 atom stereocenters. The fourth-order valence-electron chi connectivity index (χ4n) is 1.84. The van der Waals surface area contributed by atoms with Gasteiger partial charge >= 0.3 is 6.18 Å². The van der Waals surface area contributed by atoms with Crippen LogP contribution in [0.1, 0.15) is 17.0 Å². The van der Waals surface area contributed by atoms with Crippen molar-refractivity contribution >= 4 is 0 Å². The summed E-state index contributed by atoms with van der Waals surface area (Å²) in [5.74, 6) is 0.836. The Balaban J connectivity index is 2.13. The Morgan fingerprint density at radius 2 is 1.84 bits per heavy atom. The third-order valence-electron chi connectivity index (χ3n) is 2.80. The molecular weight excluding hydrogens is 255 g/mol. The Labute approximate surface area is 108 Å². The fourth-order valence-corrected chi connectivity index (χ4v) is 1.84. The van der Waals surface area contributed by atoms with E-state index in [2.05, 4.69) is 4.98 Å². The van der Waals surface area contributed by atoms with E-state index in [1.54, 1.807) is 12.4 Å². The second-order valence-corrected chi connectivity index (χ2v) is 4.20. The second kappa shape index (κ2) is 5.44. The minimum absolute atomic E-state index is 0.490. The standard InChI is InChI=1S/C13H14F3N3/c14-13(15,16)11-3-1-10(2-4-11)9-19-8-7-18-12(19)5-6-17/h1-4,7-8H,5-6,9,17H2. The van der Waals surface area contributed by atoms with Gasteiger partial charge in [-0.1, -0.05) is 12.1 Å². The lowest BCUT2D eigenvalue weighted by Gasteiger charge is -2.09. The lowest BCUT2D eigenvalue weighted by atomic mass is 10.1. The number of rotatable bonds is 4. The molecule has 1 heterocycles. The monoisotopic (exact) mass is 269 g/mol. The zero-order valence-electron chi connectivity index (χ0n) is 10.2. The van der Waals surface area contributed by atoms with Crippen molar-refractivity contribution in [3.63, 3.8) is 0 Å². The maximum Gasteiger partial charge on any atom is 0.416 e. The van der Waals surface area contributed by atoms with Crippen molar-refractivity contribution < 1.29 is 13.2 Å². The first-order chi connectivity index (χ1) is 9.00. The highest BCUT2D eigenvalue weighted by molar-refractivity contribution is 5.25. The Bertz CT molecular complexity index is 529. The van der Waals surface area contributed by atoms with Crippen molar-refractivity contribution in [3.8, 4) is 0 Å². The van der Waals surface area contributed by atoms with Crippen LogP contribution in [0.5, 0.6) is 0 Å². The van der Waals surface area contributed by atoms with Crippen molar-refractivity contribution in [1.29, 1.82) is 0 Å². The molecule has 2 rings (SSSR count). The quantitative estimate of drug-likeness (QED) is 0.926. The van der Waals surface area contributed by atoms with Crippen LogP contribution in [-0.4, -0.2) is 16.1 Å². The van der Waals surface area contributed by atoms with Gasteiger partial charge in [0.05, 0.1) is 5.56 Å². The Hall–Kier alpha value is -1.82. The normalized spacial score (nSPS) is 11.8. The Morgan fingerprint density at radius 1 is 1.16 bits per heavy atom. The Kier molecular flexibility index (Phi) is 3.90. The van der Waals surface area contributed by atoms with E-state index in [1.807, 2.05) is 4.57 Å². The van der Waals surface area contributed by atoms with Gasteiger partial charge in [-0.15, -0.1) is 0 Å². The molecule has 0 aliphatic rings. The molecule has 2 aromatic rings. The van der Waals surface area contributed by atoms with Gasteiger partial charge in [-0.05, 0) is 24.2 Å². The van der Waals surface area contributed by atoms with Crippen molar-refractivity contribution in [3.05, 3.63) is 53.6 Å². The van der Waals surface area contributed by atoms with Gasteiger partial charge in [-0.3, -0.25) is 0 Å². The molecular formula is C13H14F3N3. The summed E-state index contributed by atoms with van der Waals surface area (Å²) >= 11 is 0. The first-order valence-electron chi connectivity index (χ1n) is 5.87. The molecule has 1 aromatic carbocycles. The number of hydrogen-bond acceptors (Lipinski definition) is 2. The number of halogens is 3. The Morgan fingerprint density at radius 3 is 2.42 bits per heavy atom. The summed E-state index contributed by atoms with van der Waals surface area (Å²) in [5.41, 5.74) is 5.63. The van der Waals surface area contributed by atoms with E-state index >= 15 is 0 Å². The smallest absolute Gasteiger partial charge is 0.330 e. The van der Waals surface area contributed by atoms with Crippen LogP contribution >= 0.6 is 0 Å². The number of nitrogens with two attached hydrogens (primary N) is 1. The van der Waals surface area contributed by atoms with E-state index in [9.17, 15) is 13.2 Å². The van der Waals surface area contributed by atoms with Gasteiger partial charge in [-0.25, -0.2) is 4.98 Å². The minimum Gasteiger partial charge on any atom is -0.330 e. The van der Waals surface area contributed by atoms with Crippen LogP contribution in [0.15, 0.2) is 36.7 Å². The zero-order chi connectivity index (χ0) is 13.9. The highest BCUT2D eigenvalue weighted by Crippen LogP contribution is 2.29. The maximum absolute atomic E-state index is 12.4. The van der Waals surface area contributed by atoms with E-state index < -0.39 is 11.7 Å². The van der Waals surface area contributed by atoms with Gasteiger partial charge in [0, 0.05) is 25.4 Å². The summed E-state index contributed by atoms with van der Waals surface area (Å²) in [4.78, 5) is 4.16. The average molecular weight is 269 g/mol. The van der Waals surface area contributed by atoms with Crippen LogP contribution in [0, 0.1) is 0 Å². The lowest BCUT2D eigenvalue weighted by Crippen LogP contribution is -2.10. The molecule has 0 aliphatic heterocycles. The molecule has 6 heteroatoms. The zero-order valence-corrected chi connectivity index (χ0v) is 10.2. The van der Waals surface area contributed by atoms with Crippen LogP contribution in [0.2, 0.25) is 0 Å². The molecule has 19 heavy (non-hydrogen) atoms. The number of alkyl halides is 3. The molecule has 3 nitrogen and oxygen atoms in total. The topological polar surface area (TPSA) is 43.8 Å². The highest BCUT2D eigenvalue weighted by atomic mass is 19.4. The second-order valence-electron chi connectivity index (χ2n) is 4.20. The molecule has 1 aromatic heterocycles. The van der Waals surface area contributed by atoms with E-state index in [-0.39, 0.29) is 0 Å². The van der Waals surface area contributed by atoms with E-state index in [0.717, 1.165) is 23.5 Å². The first-order valence-corrected chi connectivity index (χ1v) is 5.87. The van der Waals surface area contributed by atoms with E-state index in [1.165, 1.54) is 12.1 Å². The van der Waals surface area contributed by atoms with Crippen LogP contribution in [0.25, 0.3) is 0 Å². The summed E-state index contributed by atoms with van der Waals surface area (Å²) in [5, 5.41) is 0. The number of imidazole rings is 1. The van der Waals surface area contributed by atoms with Crippen LogP contribution in [0.4, 0.5) is 13.2 Å². The molecule has 0 spiro atoms. The number of nitrogens with zero attached hydrogens (tertiary/aromatic N) is 2. The molecule has 2 N–H and O–H groups in total. The summed E-state index contributed by atoms with van der Waals surface area (Å²) in [6.07, 6.45) is -0.191. The van der Waals surface area contributed by atoms with E-state index in [0.29, 0.717) is 19.5 Å². The minimum atomic E-state index is -4.29. The summed E-state index contributed by atoms with van der Waals surface area (Å²) in [7, 11) is 0. The summed E-state index contributed by atoms with van der Waals surface area (Å²) < 4.78 is 39.2. The lowest BCUT2D eigenvalue weighted by molar-refractivity contribution is -0.137. The van der Waals surface area contributed by atoms with Crippen molar-refractivity contribution in [2.75, 3.05) is 6.54 Å². The van der Waals surface area contributed by atoms with Crippen LogP contribution in [0.3, 0.4) is 0 Å². The fraction of sp³-hybridized carbons (Fsp3) is 0.308. The molecule has 0 aliphatic carbocycles. The molecule has 102 valence electrons. The summed E-state index contributed by atoms with van der Waals surface area (Å²) in [6, 6.07) is 5.15. The van der Waals surface area contributed by atoms with Crippen molar-refractivity contribution in [2.24, 2.45) is 5.73 Å². The van der Waals surface area contributed by atoms with Crippen molar-refractivity contribution in [2.45, 2.75) is 19.1 Å². The average Bonchev–Trinajstić information content (AvgIpc) is 2.77. The molecule has 0 saturated carbocycles. The third-order valence-corrected chi connectivity index (χ3v) is 2.80. The van der Waals surface area contributed by atoms with Gasteiger partial charge in [0.2, 0.25) is 0 Å². The molecule has 0 fully saturated rings. The predicted molar refractivity (Wildman–Crippen MR) is 65.5 cm³/mol. The van der Waals surface area contributed by atoms with Gasteiger partial charge < -0.3 is 10.3 Å². The van der Waals surface area contributed by atoms with Crippen molar-refractivity contribution in [1.82, 2.24) is 9.55 Å². The molecule has 0 saturated heterocycles. The first kappa shape index (κ1) is 13.6. The third kappa shape index (κ3) is 3.35. The van der Waals surface area contributed by atoms with E-state index in [4.69, 9.17) is 5.73 Å². The van der Waals surface area contributed by atoms with Gasteiger partial charge in [0.1, 0.15) is 5.82 Å². The largest absolute Gasteiger partial charge is 0.416 e. The predicted octanol–water partition coefficient (Wildman–Crippen LogP) is 2.45. The SMILES string of the molecule is NCCc1nccn1Cc1ccc(C(F)(F)F)cc1. The summed E-state index contributed by atoms with van der Waals surface area (Å²) in [6.45, 7) is 0.984. The van der Waals surface area contributed by atoms with Gasteiger partial charge in [-0.2, -0.15) is 13.2 Å². The number of hydrogen-bond donors (Lipinski definition) is 1. The molecule has 0 radical (unpaired) electrons.